The minimum absolute atomic E-state index is 0.602. The van der Waals surface area contributed by atoms with E-state index in [9.17, 15) is 0 Å². The van der Waals surface area contributed by atoms with E-state index in [-0.39, 0.29) is 0 Å². The quantitative estimate of drug-likeness (QED) is 0.936. The molecule has 5 nitrogen and oxygen atoms in total. The van der Waals surface area contributed by atoms with E-state index in [1.807, 2.05) is 31.2 Å². The van der Waals surface area contributed by atoms with Gasteiger partial charge in [0, 0.05) is 45.1 Å². The molecule has 112 valence electrons. The molecule has 2 aromatic rings. The first-order valence-electron chi connectivity index (χ1n) is 7.58. The molecule has 1 atom stereocenters. The summed E-state index contributed by atoms with van der Waals surface area (Å²) in [5.41, 5.74) is 2.69. The molecule has 1 aliphatic heterocycles. The number of aromatic nitrogens is 3. The van der Waals surface area contributed by atoms with E-state index in [0.717, 1.165) is 18.9 Å². The van der Waals surface area contributed by atoms with Gasteiger partial charge in [-0.1, -0.05) is 0 Å². The molecule has 0 bridgehead atoms. The number of aryl methyl sites for hydroxylation is 1. The van der Waals surface area contributed by atoms with E-state index in [2.05, 4.69) is 38.6 Å². The molecule has 1 saturated heterocycles. The number of likely N-dealkylation sites (tertiary alicyclic amines) is 1. The molecule has 5 heteroatoms. The Kier molecular flexibility index (Phi) is 4.20. The standard InChI is InChI=1S/C16H23N5/c1-17-16-8-14(5-6-18-16)15-4-3-7-21(12-15)11-13-9-19-20(2)10-13/h5-6,8-10,15H,3-4,7,11-12H2,1-2H3,(H,17,18)/t15-/m0/s1. The van der Waals surface area contributed by atoms with Crippen molar-refractivity contribution in [2.24, 2.45) is 7.05 Å². The van der Waals surface area contributed by atoms with Crippen LogP contribution in [0.3, 0.4) is 0 Å². The molecular weight excluding hydrogens is 262 g/mol. The van der Waals surface area contributed by atoms with Crippen LogP contribution in [-0.4, -0.2) is 39.8 Å². The number of nitrogens with zero attached hydrogens (tertiary/aromatic N) is 4. The van der Waals surface area contributed by atoms with Crippen molar-refractivity contribution >= 4 is 5.82 Å². The van der Waals surface area contributed by atoms with Gasteiger partial charge in [0.15, 0.2) is 0 Å². The van der Waals surface area contributed by atoms with E-state index >= 15 is 0 Å². The summed E-state index contributed by atoms with van der Waals surface area (Å²) in [6.07, 6.45) is 8.49. The molecule has 2 aromatic heterocycles. The maximum absolute atomic E-state index is 4.31. The van der Waals surface area contributed by atoms with Crippen molar-refractivity contribution in [1.82, 2.24) is 19.7 Å². The lowest BCUT2D eigenvalue weighted by atomic mass is 9.91. The summed E-state index contributed by atoms with van der Waals surface area (Å²) in [4.78, 5) is 6.84. The lowest BCUT2D eigenvalue weighted by Crippen LogP contribution is -2.33. The summed E-state index contributed by atoms with van der Waals surface area (Å²) in [5.74, 6) is 1.56. The maximum atomic E-state index is 4.31. The van der Waals surface area contributed by atoms with Crippen molar-refractivity contribution < 1.29 is 0 Å². The van der Waals surface area contributed by atoms with Gasteiger partial charge >= 0.3 is 0 Å². The van der Waals surface area contributed by atoms with Crippen molar-refractivity contribution in [3.05, 3.63) is 41.9 Å². The summed E-state index contributed by atoms with van der Waals surface area (Å²) in [5, 5.41) is 7.38. The molecule has 1 N–H and O–H groups in total. The number of rotatable bonds is 4. The van der Waals surface area contributed by atoms with E-state index in [1.54, 1.807) is 0 Å². The van der Waals surface area contributed by atoms with Crippen molar-refractivity contribution in [2.45, 2.75) is 25.3 Å². The maximum Gasteiger partial charge on any atom is 0.125 e. The van der Waals surface area contributed by atoms with E-state index in [0.29, 0.717) is 5.92 Å². The van der Waals surface area contributed by atoms with E-state index in [4.69, 9.17) is 0 Å². The molecule has 0 saturated carbocycles. The van der Waals surface area contributed by atoms with E-state index in [1.165, 1.54) is 30.5 Å². The first-order chi connectivity index (χ1) is 10.2. The number of anilines is 1. The number of piperidine rings is 1. The lowest BCUT2D eigenvalue weighted by Gasteiger charge is -2.32. The highest BCUT2D eigenvalue weighted by atomic mass is 15.2. The van der Waals surface area contributed by atoms with Gasteiger partial charge in [0.25, 0.3) is 0 Å². The molecule has 0 unspecified atom stereocenters. The summed E-state index contributed by atoms with van der Waals surface area (Å²) >= 11 is 0. The third-order valence-corrected chi connectivity index (χ3v) is 4.18. The second-order valence-corrected chi connectivity index (χ2v) is 5.82. The lowest BCUT2D eigenvalue weighted by molar-refractivity contribution is 0.200. The molecule has 0 aliphatic carbocycles. The molecule has 1 fully saturated rings. The Morgan fingerprint density at radius 3 is 3.10 bits per heavy atom. The van der Waals surface area contributed by atoms with Crippen molar-refractivity contribution in [2.75, 3.05) is 25.5 Å². The van der Waals surface area contributed by atoms with Crippen molar-refractivity contribution in [3.8, 4) is 0 Å². The average Bonchev–Trinajstić information content (AvgIpc) is 2.93. The fraction of sp³-hybridized carbons (Fsp3) is 0.500. The Hall–Kier alpha value is -1.88. The molecule has 0 aromatic carbocycles. The molecule has 0 spiro atoms. The number of pyridine rings is 1. The minimum Gasteiger partial charge on any atom is -0.373 e. The first kappa shape index (κ1) is 14.1. The van der Waals surface area contributed by atoms with Crippen molar-refractivity contribution in [3.63, 3.8) is 0 Å². The minimum atomic E-state index is 0.602. The third kappa shape index (κ3) is 3.42. The zero-order valence-electron chi connectivity index (χ0n) is 12.8. The number of nitrogens with one attached hydrogen (secondary N) is 1. The van der Waals surface area contributed by atoms with Gasteiger partial charge in [-0.2, -0.15) is 5.10 Å². The molecule has 21 heavy (non-hydrogen) atoms. The Labute approximate surface area is 126 Å². The van der Waals surface area contributed by atoms with Crippen LogP contribution < -0.4 is 5.32 Å². The van der Waals surface area contributed by atoms with Gasteiger partial charge in [0.2, 0.25) is 0 Å². The zero-order chi connectivity index (χ0) is 14.7. The summed E-state index contributed by atoms with van der Waals surface area (Å²) in [6, 6.07) is 4.33. The van der Waals surface area contributed by atoms with Crippen LogP contribution in [0.25, 0.3) is 0 Å². The third-order valence-electron chi connectivity index (χ3n) is 4.18. The number of hydrogen-bond donors (Lipinski definition) is 1. The van der Waals surface area contributed by atoms with Crippen LogP contribution in [0.15, 0.2) is 30.7 Å². The Morgan fingerprint density at radius 1 is 1.43 bits per heavy atom. The van der Waals surface area contributed by atoms with Crippen molar-refractivity contribution in [1.29, 1.82) is 0 Å². The van der Waals surface area contributed by atoms with Gasteiger partial charge in [-0.15, -0.1) is 0 Å². The van der Waals surface area contributed by atoms with Crippen LogP contribution in [0.2, 0.25) is 0 Å². The summed E-state index contributed by atoms with van der Waals surface area (Å²) < 4.78 is 1.87. The summed E-state index contributed by atoms with van der Waals surface area (Å²) in [7, 11) is 3.89. The van der Waals surface area contributed by atoms with Gasteiger partial charge in [0.05, 0.1) is 6.20 Å². The molecule has 0 amide bonds. The van der Waals surface area contributed by atoms with Gasteiger partial charge in [-0.25, -0.2) is 4.98 Å². The predicted octanol–water partition coefficient (Wildman–Crippen LogP) is 2.24. The second kappa shape index (κ2) is 6.26. The van der Waals surface area contributed by atoms with Crippen LogP contribution in [-0.2, 0) is 13.6 Å². The Balaban J connectivity index is 1.67. The molecule has 0 radical (unpaired) electrons. The molecule has 1 aliphatic rings. The molecular formula is C16H23N5. The van der Waals surface area contributed by atoms with Gasteiger partial charge in [0.1, 0.15) is 5.82 Å². The van der Waals surface area contributed by atoms with E-state index < -0.39 is 0 Å². The monoisotopic (exact) mass is 285 g/mol. The predicted molar refractivity (Wildman–Crippen MR) is 84.2 cm³/mol. The smallest absolute Gasteiger partial charge is 0.125 e. The highest BCUT2D eigenvalue weighted by Gasteiger charge is 2.22. The van der Waals surface area contributed by atoms with Crippen LogP contribution in [0, 0.1) is 0 Å². The Bertz CT molecular complexity index is 592. The normalized spacial score (nSPS) is 19.6. The second-order valence-electron chi connectivity index (χ2n) is 5.82. The average molecular weight is 285 g/mol. The fourth-order valence-electron chi connectivity index (χ4n) is 3.12. The molecule has 3 rings (SSSR count). The van der Waals surface area contributed by atoms with Gasteiger partial charge in [-0.3, -0.25) is 9.58 Å². The highest BCUT2D eigenvalue weighted by molar-refractivity contribution is 5.38. The largest absolute Gasteiger partial charge is 0.373 e. The Morgan fingerprint density at radius 2 is 2.33 bits per heavy atom. The van der Waals surface area contributed by atoms with Crippen LogP contribution in [0.1, 0.15) is 29.9 Å². The topological polar surface area (TPSA) is 46.0 Å². The summed E-state index contributed by atoms with van der Waals surface area (Å²) in [6.45, 7) is 3.28. The van der Waals surface area contributed by atoms with Gasteiger partial charge in [-0.05, 0) is 43.0 Å². The number of hydrogen-bond acceptors (Lipinski definition) is 4. The van der Waals surface area contributed by atoms with Crippen LogP contribution >= 0.6 is 0 Å². The zero-order valence-corrected chi connectivity index (χ0v) is 12.8. The first-order valence-corrected chi connectivity index (χ1v) is 7.58. The SMILES string of the molecule is CNc1cc([C@H]2CCCN(Cc3cnn(C)c3)C2)ccn1. The van der Waals surface area contributed by atoms with Gasteiger partial charge < -0.3 is 5.32 Å². The van der Waals surface area contributed by atoms with Crippen LogP contribution in [0.5, 0.6) is 0 Å². The van der Waals surface area contributed by atoms with Crippen LogP contribution in [0.4, 0.5) is 5.82 Å². The fourth-order valence-corrected chi connectivity index (χ4v) is 3.12. The molecule has 3 heterocycles. The highest BCUT2D eigenvalue weighted by Crippen LogP contribution is 2.28.